The standard InChI is InChI=1S/C19H24N2O2S/c1-23-17-13-18(24-14-17)19(22)20-16-8-11-21(12-9-16)10-7-15-5-3-2-4-6-15/h2-6,13-14,16H,7-12H2,1H3,(H,20,22). The van der Waals surface area contributed by atoms with E-state index >= 15 is 0 Å². The molecule has 4 nitrogen and oxygen atoms in total. The van der Waals surface area contributed by atoms with E-state index in [2.05, 4.69) is 40.5 Å². The Balaban J connectivity index is 1.41. The van der Waals surface area contributed by atoms with Crippen LogP contribution in [0.1, 0.15) is 28.1 Å². The Hall–Kier alpha value is -1.85. The zero-order chi connectivity index (χ0) is 16.8. The van der Waals surface area contributed by atoms with Crippen molar-refractivity contribution >= 4 is 17.2 Å². The van der Waals surface area contributed by atoms with Crippen LogP contribution in [-0.4, -0.2) is 43.6 Å². The molecule has 0 radical (unpaired) electrons. The SMILES string of the molecule is COc1csc(C(=O)NC2CCN(CCc3ccccc3)CC2)c1. The van der Waals surface area contributed by atoms with Crippen LogP contribution in [0.4, 0.5) is 0 Å². The van der Waals surface area contributed by atoms with Crippen LogP contribution < -0.4 is 10.1 Å². The Kier molecular flexibility index (Phi) is 5.88. The van der Waals surface area contributed by atoms with E-state index in [9.17, 15) is 4.79 Å². The number of methoxy groups -OCH3 is 1. The number of hydrogen-bond donors (Lipinski definition) is 1. The Labute approximate surface area is 147 Å². The lowest BCUT2D eigenvalue weighted by atomic mass is 10.0. The first-order valence-electron chi connectivity index (χ1n) is 8.44. The molecular weight excluding hydrogens is 320 g/mol. The number of ether oxygens (including phenoxy) is 1. The number of carbonyl (C=O) groups excluding carboxylic acids is 1. The zero-order valence-electron chi connectivity index (χ0n) is 14.0. The second kappa shape index (κ2) is 8.31. The number of piperidine rings is 1. The molecule has 1 amide bonds. The van der Waals surface area contributed by atoms with Crippen molar-refractivity contribution in [3.63, 3.8) is 0 Å². The lowest BCUT2D eigenvalue weighted by molar-refractivity contribution is 0.0915. The summed E-state index contributed by atoms with van der Waals surface area (Å²) in [5.74, 6) is 0.770. The van der Waals surface area contributed by atoms with Crippen molar-refractivity contribution in [2.45, 2.75) is 25.3 Å². The highest BCUT2D eigenvalue weighted by molar-refractivity contribution is 7.12. The molecule has 1 aromatic carbocycles. The molecule has 128 valence electrons. The zero-order valence-corrected chi connectivity index (χ0v) is 14.8. The Morgan fingerprint density at radius 3 is 2.71 bits per heavy atom. The van der Waals surface area contributed by atoms with Gasteiger partial charge in [-0.25, -0.2) is 0 Å². The van der Waals surface area contributed by atoms with Crippen molar-refractivity contribution < 1.29 is 9.53 Å². The minimum atomic E-state index is 0.0195. The first-order valence-corrected chi connectivity index (χ1v) is 9.32. The van der Waals surface area contributed by atoms with Crippen LogP contribution >= 0.6 is 11.3 Å². The van der Waals surface area contributed by atoms with Gasteiger partial charge in [0.2, 0.25) is 0 Å². The first-order chi connectivity index (χ1) is 11.7. The number of likely N-dealkylation sites (tertiary alicyclic amines) is 1. The van der Waals surface area contributed by atoms with E-state index in [1.165, 1.54) is 16.9 Å². The van der Waals surface area contributed by atoms with Gasteiger partial charge in [0.05, 0.1) is 12.0 Å². The van der Waals surface area contributed by atoms with Gasteiger partial charge in [0, 0.05) is 37.1 Å². The first kappa shape index (κ1) is 17.0. The minimum Gasteiger partial charge on any atom is -0.496 e. The smallest absolute Gasteiger partial charge is 0.261 e. The Bertz CT molecular complexity index is 648. The van der Waals surface area contributed by atoms with Gasteiger partial charge in [-0.3, -0.25) is 4.79 Å². The number of nitrogens with zero attached hydrogens (tertiary/aromatic N) is 1. The van der Waals surface area contributed by atoms with E-state index in [1.807, 2.05) is 5.38 Å². The Morgan fingerprint density at radius 1 is 1.29 bits per heavy atom. The number of nitrogens with one attached hydrogen (secondary N) is 1. The molecule has 1 fully saturated rings. The normalized spacial score (nSPS) is 16.0. The third-order valence-corrected chi connectivity index (χ3v) is 5.42. The van der Waals surface area contributed by atoms with Crippen molar-refractivity contribution in [3.8, 4) is 5.75 Å². The molecule has 0 aliphatic carbocycles. The van der Waals surface area contributed by atoms with Crippen molar-refractivity contribution in [3.05, 3.63) is 52.2 Å². The van der Waals surface area contributed by atoms with Gasteiger partial charge in [-0.2, -0.15) is 0 Å². The van der Waals surface area contributed by atoms with E-state index in [1.54, 1.807) is 13.2 Å². The van der Waals surface area contributed by atoms with Crippen LogP contribution in [0.15, 0.2) is 41.8 Å². The summed E-state index contributed by atoms with van der Waals surface area (Å²) < 4.78 is 5.14. The van der Waals surface area contributed by atoms with E-state index in [0.29, 0.717) is 0 Å². The van der Waals surface area contributed by atoms with Crippen LogP contribution in [0.5, 0.6) is 5.75 Å². The van der Waals surface area contributed by atoms with E-state index in [0.717, 1.165) is 49.5 Å². The van der Waals surface area contributed by atoms with Crippen molar-refractivity contribution in [2.75, 3.05) is 26.7 Å². The fourth-order valence-electron chi connectivity index (χ4n) is 3.03. The van der Waals surface area contributed by atoms with Crippen LogP contribution in [0, 0.1) is 0 Å². The highest BCUT2D eigenvalue weighted by Gasteiger charge is 2.21. The minimum absolute atomic E-state index is 0.0195. The van der Waals surface area contributed by atoms with Crippen molar-refractivity contribution in [1.82, 2.24) is 10.2 Å². The lowest BCUT2D eigenvalue weighted by Gasteiger charge is -2.32. The fourth-order valence-corrected chi connectivity index (χ4v) is 3.79. The fraction of sp³-hybridized carbons (Fsp3) is 0.421. The number of rotatable bonds is 6. The summed E-state index contributed by atoms with van der Waals surface area (Å²) in [7, 11) is 1.62. The van der Waals surface area contributed by atoms with Crippen LogP contribution in [0.25, 0.3) is 0 Å². The number of amides is 1. The molecule has 0 saturated carbocycles. The van der Waals surface area contributed by atoms with Crippen molar-refractivity contribution in [2.24, 2.45) is 0 Å². The van der Waals surface area contributed by atoms with Gasteiger partial charge in [-0.15, -0.1) is 11.3 Å². The maximum absolute atomic E-state index is 12.3. The average molecular weight is 344 g/mol. The molecule has 0 atom stereocenters. The molecule has 3 rings (SSSR count). The van der Waals surface area contributed by atoms with Crippen LogP contribution in [0.2, 0.25) is 0 Å². The molecule has 2 aromatic rings. The summed E-state index contributed by atoms with van der Waals surface area (Å²) >= 11 is 1.43. The maximum Gasteiger partial charge on any atom is 0.261 e. The summed E-state index contributed by atoms with van der Waals surface area (Å²) in [5, 5.41) is 5.02. The maximum atomic E-state index is 12.3. The van der Waals surface area contributed by atoms with Gasteiger partial charge in [0.25, 0.3) is 5.91 Å². The van der Waals surface area contributed by atoms with Gasteiger partial charge in [-0.1, -0.05) is 30.3 Å². The van der Waals surface area contributed by atoms with Gasteiger partial charge in [0.15, 0.2) is 0 Å². The molecule has 5 heteroatoms. The predicted octanol–water partition coefficient (Wildman–Crippen LogP) is 3.19. The molecule has 1 aromatic heterocycles. The van der Waals surface area contributed by atoms with E-state index in [-0.39, 0.29) is 11.9 Å². The van der Waals surface area contributed by atoms with Crippen LogP contribution in [0.3, 0.4) is 0 Å². The second-order valence-corrected chi connectivity index (χ2v) is 7.09. The van der Waals surface area contributed by atoms with Crippen LogP contribution in [-0.2, 0) is 6.42 Å². The molecule has 24 heavy (non-hydrogen) atoms. The number of carbonyl (C=O) groups is 1. The molecule has 1 saturated heterocycles. The largest absolute Gasteiger partial charge is 0.496 e. The highest BCUT2D eigenvalue weighted by atomic mass is 32.1. The third kappa shape index (κ3) is 4.58. The van der Waals surface area contributed by atoms with Gasteiger partial charge in [-0.05, 0) is 24.8 Å². The van der Waals surface area contributed by atoms with Gasteiger partial charge >= 0.3 is 0 Å². The number of benzene rings is 1. The van der Waals surface area contributed by atoms with Gasteiger partial charge < -0.3 is 15.0 Å². The lowest BCUT2D eigenvalue weighted by Crippen LogP contribution is -2.45. The monoisotopic (exact) mass is 344 g/mol. The molecule has 1 aliphatic rings. The van der Waals surface area contributed by atoms with E-state index < -0.39 is 0 Å². The third-order valence-electron chi connectivity index (χ3n) is 4.52. The topological polar surface area (TPSA) is 41.6 Å². The molecular formula is C19H24N2O2S. The molecule has 2 heterocycles. The average Bonchev–Trinajstić information content (AvgIpc) is 3.11. The predicted molar refractivity (Wildman–Crippen MR) is 97.9 cm³/mol. The molecule has 1 aliphatic heterocycles. The summed E-state index contributed by atoms with van der Waals surface area (Å²) in [6, 6.07) is 12.7. The summed E-state index contributed by atoms with van der Waals surface area (Å²) in [5.41, 5.74) is 1.39. The Morgan fingerprint density at radius 2 is 2.04 bits per heavy atom. The molecule has 1 N–H and O–H groups in total. The van der Waals surface area contributed by atoms with Gasteiger partial charge in [0.1, 0.15) is 5.75 Å². The second-order valence-electron chi connectivity index (χ2n) is 6.18. The summed E-state index contributed by atoms with van der Waals surface area (Å²) in [4.78, 5) is 15.5. The number of thiophene rings is 1. The summed E-state index contributed by atoms with van der Waals surface area (Å²) in [6.45, 7) is 3.18. The number of hydrogen-bond acceptors (Lipinski definition) is 4. The molecule has 0 unspecified atom stereocenters. The quantitative estimate of drug-likeness (QED) is 0.875. The summed E-state index contributed by atoms with van der Waals surface area (Å²) in [6.07, 6.45) is 3.12. The molecule has 0 spiro atoms. The highest BCUT2D eigenvalue weighted by Crippen LogP contribution is 2.21. The van der Waals surface area contributed by atoms with Crippen molar-refractivity contribution in [1.29, 1.82) is 0 Å². The molecule has 0 bridgehead atoms. The van der Waals surface area contributed by atoms with E-state index in [4.69, 9.17) is 4.74 Å².